The Morgan fingerprint density at radius 2 is 1.96 bits per heavy atom. The van der Waals surface area contributed by atoms with Crippen molar-refractivity contribution < 1.29 is 5.11 Å². The Morgan fingerprint density at radius 3 is 2.70 bits per heavy atom. The van der Waals surface area contributed by atoms with Crippen LogP contribution in [-0.4, -0.2) is 11.2 Å². The van der Waals surface area contributed by atoms with Crippen molar-refractivity contribution in [2.75, 3.05) is 0 Å². The molecule has 5 rings (SSSR count). The Morgan fingerprint density at radius 1 is 1.15 bits per heavy atom. The van der Waals surface area contributed by atoms with Crippen LogP contribution in [0.25, 0.3) is 5.57 Å². The molecular weight excluding hydrogens is 348 g/mol. The van der Waals surface area contributed by atoms with Crippen LogP contribution >= 0.6 is 11.3 Å². The van der Waals surface area contributed by atoms with Gasteiger partial charge in [-0.15, -0.1) is 0 Å². The molecule has 2 fully saturated rings. The number of thiophene rings is 1. The lowest BCUT2D eigenvalue weighted by Crippen LogP contribution is -2.52. The second-order valence-electron chi connectivity index (χ2n) is 10.2. The summed E-state index contributed by atoms with van der Waals surface area (Å²) in [6, 6.07) is 2.33. The van der Waals surface area contributed by atoms with Gasteiger partial charge in [0, 0.05) is 0 Å². The molecule has 0 unspecified atom stereocenters. The third-order valence-electron chi connectivity index (χ3n) is 9.13. The zero-order valence-corrected chi connectivity index (χ0v) is 17.9. The lowest BCUT2D eigenvalue weighted by Gasteiger charge is -2.60. The largest absolute Gasteiger partial charge is 0.393 e. The fourth-order valence-electron chi connectivity index (χ4n) is 7.63. The van der Waals surface area contributed by atoms with Crippen LogP contribution in [-0.2, 0) is 0 Å². The van der Waals surface area contributed by atoms with Crippen LogP contribution in [0.4, 0.5) is 0 Å². The van der Waals surface area contributed by atoms with E-state index in [1.54, 1.807) is 11.1 Å². The highest BCUT2D eigenvalue weighted by Gasteiger charge is 2.58. The van der Waals surface area contributed by atoms with Gasteiger partial charge in [0.25, 0.3) is 0 Å². The molecule has 0 aromatic carbocycles. The highest BCUT2D eigenvalue weighted by atomic mass is 32.1. The molecule has 146 valence electrons. The van der Waals surface area contributed by atoms with Crippen molar-refractivity contribution in [3.63, 3.8) is 0 Å². The van der Waals surface area contributed by atoms with Gasteiger partial charge in [-0.05, 0) is 107 Å². The minimum Gasteiger partial charge on any atom is -0.393 e. The molecule has 4 aliphatic rings. The summed E-state index contributed by atoms with van der Waals surface area (Å²) in [5.41, 5.74) is 5.41. The first-order valence-corrected chi connectivity index (χ1v) is 12.0. The summed E-state index contributed by atoms with van der Waals surface area (Å²) in [6.45, 7) is 7.50. The first-order chi connectivity index (χ1) is 13.0. The molecular formula is C25H34OS. The van der Waals surface area contributed by atoms with Gasteiger partial charge in [-0.1, -0.05) is 38.5 Å². The molecule has 4 aliphatic carbocycles. The third-order valence-corrected chi connectivity index (χ3v) is 9.81. The van der Waals surface area contributed by atoms with Gasteiger partial charge in [-0.25, -0.2) is 0 Å². The SMILES string of the molecule is CC[C@H]1C=C2C[C@H](O)CC[C@]2(C)[C@H]2CC[C@]3(C)C(c4ccsc4)=CC[C@H]3[C@H]12. The summed E-state index contributed by atoms with van der Waals surface area (Å²) in [4.78, 5) is 0. The Balaban J connectivity index is 1.54. The number of hydrogen-bond donors (Lipinski definition) is 1. The molecule has 2 heteroatoms. The average Bonchev–Trinajstić information content (AvgIpc) is 3.28. The number of fused-ring (bicyclic) bond motifs is 5. The normalized spacial score (nSPS) is 46.1. The molecule has 27 heavy (non-hydrogen) atoms. The minimum atomic E-state index is -0.106. The van der Waals surface area contributed by atoms with Crippen molar-refractivity contribution in [3.05, 3.63) is 40.1 Å². The molecule has 7 atom stereocenters. The van der Waals surface area contributed by atoms with Gasteiger partial charge in [0.1, 0.15) is 0 Å². The van der Waals surface area contributed by atoms with E-state index in [0.717, 1.165) is 30.6 Å². The number of allylic oxidation sites excluding steroid dienone is 3. The van der Waals surface area contributed by atoms with E-state index in [1.165, 1.54) is 37.7 Å². The predicted molar refractivity (Wildman–Crippen MR) is 115 cm³/mol. The monoisotopic (exact) mass is 382 g/mol. The molecule has 0 saturated heterocycles. The molecule has 2 saturated carbocycles. The maximum Gasteiger partial charge on any atom is 0.0577 e. The Labute approximate surface area is 168 Å². The Hall–Kier alpha value is -0.860. The van der Waals surface area contributed by atoms with E-state index in [9.17, 15) is 5.11 Å². The molecule has 1 nitrogen and oxygen atoms in total. The van der Waals surface area contributed by atoms with Crippen LogP contribution in [0.2, 0.25) is 0 Å². The number of rotatable bonds is 2. The molecule has 0 bridgehead atoms. The zero-order chi connectivity index (χ0) is 18.8. The highest BCUT2D eigenvalue weighted by Crippen LogP contribution is 2.67. The second kappa shape index (κ2) is 6.32. The minimum absolute atomic E-state index is 0.106. The van der Waals surface area contributed by atoms with Crippen molar-refractivity contribution in [1.82, 2.24) is 0 Å². The maximum absolute atomic E-state index is 10.3. The number of aliphatic hydroxyl groups is 1. The van der Waals surface area contributed by atoms with E-state index >= 15 is 0 Å². The lowest BCUT2D eigenvalue weighted by molar-refractivity contribution is -0.0464. The summed E-state index contributed by atoms with van der Waals surface area (Å²) in [5, 5.41) is 14.9. The van der Waals surface area contributed by atoms with Crippen molar-refractivity contribution in [1.29, 1.82) is 0 Å². The molecule has 0 amide bonds. The van der Waals surface area contributed by atoms with Crippen molar-refractivity contribution in [2.45, 2.75) is 71.8 Å². The molecule has 0 spiro atoms. The highest BCUT2D eigenvalue weighted by molar-refractivity contribution is 7.08. The van der Waals surface area contributed by atoms with Gasteiger partial charge >= 0.3 is 0 Å². The first-order valence-electron chi connectivity index (χ1n) is 11.1. The van der Waals surface area contributed by atoms with Crippen LogP contribution in [0.1, 0.15) is 71.3 Å². The smallest absolute Gasteiger partial charge is 0.0577 e. The maximum atomic E-state index is 10.3. The zero-order valence-electron chi connectivity index (χ0n) is 17.1. The fraction of sp³-hybridized carbons (Fsp3) is 0.680. The van der Waals surface area contributed by atoms with E-state index in [0.29, 0.717) is 16.7 Å². The van der Waals surface area contributed by atoms with Crippen LogP contribution < -0.4 is 0 Å². The van der Waals surface area contributed by atoms with Crippen molar-refractivity contribution in [3.8, 4) is 0 Å². The quantitative estimate of drug-likeness (QED) is 0.564. The molecule has 1 aromatic heterocycles. The second-order valence-corrected chi connectivity index (χ2v) is 11.0. The lowest BCUT2D eigenvalue weighted by atomic mass is 9.45. The van der Waals surface area contributed by atoms with Crippen LogP contribution in [0.5, 0.6) is 0 Å². The van der Waals surface area contributed by atoms with Gasteiger partial charge in [0.2, 0.25) is 0 Å². The number of hydrogen-bond acceptors (Lipinski definition) is 2. The third kappa shape index (κ3) is 2.52. The molecule has 1 aromatic rings. The fourth-order valence-corrected chi connectivity index (χ4v) is 8.29. The van der Waals surface area contributed by atoms with Crippen LogP contribution in [0.3, 0.4) is 0 Å². The standard InChI is InChI=1S/C25H34OS/c1-4-16-13-18-14-19(26)7-10-24(18,2)22-8-11-25(3)20(17-9-12-27-15-17)5-6-21(25)23(16)22/h5,9,12-13,15-16,19,21-23,26H,4,6-8,10-11,14H2,1-3H3/t16-,19+,21-,22-,23-,24-,25+/m0/s1. The molecule has 0 radical (unpaired) electrons. The van der Waals surface area contributed by atoms with Gasteiger partial charge in [0.05, 0.1) is 6.10 Å². The molecule has 1 N–H and O–H groups in total. The van der Waals surface area contributed by atoms with Crippen LogP contribution in [0, 0.1) is 34.5 Å². The van der Waals surface area contributed by atoms with Gasteiger partial charge in [-0.2, -0.15) is 11.3 Å². The van der Waals surface area contributed by atoms with Crippen molar-refractivity contribution >= 4 is 16.9 Å². The summed E-state index contributed by atoms with van der Waals surface area (Å²) in [5.74, 6) is 3.11. The number of aliphatic hydroxyl groups excluding tert-OH is 1. The Bertz CT molecular complexity index is 774. The Kier molecular flexibility index (Phi) is 4.26. The van der Waals surface area contributed by atoms with Gasteiger partial charge in [-0.3, -0.25) is 0 Å². The van der Waals surface area contributed by atoms with Gasteiger partial charge < -0.3 is 5.11 Å². The average molecular weight is 383 g/mol. The van der Waals surface area contributed by atoms with E-state index in [4.69, 9.17) is 0 Å². The van der Waals surface area contributed by atoms with E-state index in [2.05, 4.69) is 49.7 Å². The van der Waals surface area contributed by atoms with Crippen molar-refractivity contribution in [2.24, 2.45) is 34.5 Å². The molecule has 1 heterocycles. The topological polar surface area (TPSA) is 20.2 Å². The summed E-state index contributed by atoms with van der Waals surface area (Å²) in [7, 11) is 0. The van der Waals surface area contributed by atoms with E-state index in [1.807, 2.05) is 11.3 Å². The molecule has 0 aliphatic heterocycles. The summed E-state index contributed by atoms with van der Waals surface area (Å²) in [6.07, 6.45) is 13.4. The summed E-state index contributed by atoms with van der Waals surface area (Å²) < 4.78 is 0. The van der Waals surface area contributed by atoms with Gasteiger partial charge in [0.15, 0.2) is 0 Å². The predicted octanol–water partition coefficient (Wildman–Crippen LogP) is 6.70. The first kappa shape index (κ1) is 18.2. The summed E-state index contributed by atoms with van der Waals surface area (Å²) >= 11 is 1.83. The van der Waals surface area contributed by atoms with Crippen LogP contribution in [0.15, 0.2) is 34.6 Å². The van der Waals surface area contributed by atoms with E-state index in [-0.39, 0.29) is 6.10 Å². The van der Waals surface area contributed by atoms with E-state index < -0.39 is 0 Å².